The number of nitrogens with one attached hydrogen (secondary N) is 3. The molecule has 0 aromatic heterocycles. The predicted octanol–water partition coefficient (Wildman–Crippen LogP) is 6.97. The quantitative estimate of drug-likeness (QED) is 0.242. The number of hydrogen-bond acceptors (Lipinski definition) is 4. The van der Waals surface area contributed by atoms with E-state index >= 15 is 0 Å². The molecule has 3 N–H and O–H groups in total. The molecule has 0 radical (unpaired) electrons. The number of ether oxygens (including phenoxy) is 1. The van der Waals surface area contributed by atoms with Crippen molar-refractivity contribution in [2.24, 2.45) is 5.92 Å². The fourth-order valence-corrected chi connectivity index (χ4v) is 3.47. The van der Waals surface area contributed by atoms with Gasteiger partial charge < -0.3 is 20.7 Å². The molecule has 4 aromatic carbocycles. The summed E-state index contributed by atoms with van der Waals surface area (Å²) in [6.07, 6.45) is 0. The van der Waals surface area contributed by atoms with Crippen molar-refractivity contribution < 1.29 is 14.3 Å². The van der Waals surface area contributed by atoms with Crippen LogP contribution in [-0.2, 0) is 0 Å². The molecule has 0 saturated carbocycles. The second kappa shape index (κ2) is 11.7. The van der Waals surface area contributed by atoms with Crippen LogP contribution < -0.4 is 20.7 Å². The summed E-state index contributed by atoms with van der Waals surface area (Å²) in [7, 11) is 0. The minimum Gasteiger partial charge on any atom is -0.493 e. The largest absolute Gasteiger partial charge is 0.493 e. The monoisotopic (exact) mass is 479 g/mol. The van der Waals surface area contributed by atoms with Gasteiger partial charge in [-0.15, -0.1) is 0 Å². The number of carbonyl (C=O) groups is 2. The fourth-order valence-electron chi connectivity index (χ4n) is 3.47. The van der Waals surface area contributed by atoms with E-state index in [-0.39, 0.29) is 11.8 Å². The summed E-state index contributed by atoms with van der Waals surface area (Å²) in [6, 6.07) is 31.2. The van der Waals surface area contributed by atoms with Gasteiger partial charge in [-0.05, 0) is 78.7 Å². The van der Waals surface area contributed by atoms with E-state index in [4.69, 9.17) is 4.74 Å². The van der Waals surface area contributed by atoms with Crippen molar-refractivity contribution in [1.29, 1.82) is 0 Å². The Morgan fingerprint density at radius 1 is 0.667 bits per heavy atom. The van der Waals surface area contributed by atoms with E-state index in [0.29, 0.717) is 40.8 Å². The maximum absolute atomic E-state index is 13.0. The summed E-state index contributed by atoms with van der Waals surface area (Å²) >= 11 is 0. The van der Waals surface area contributed by atoms with Crippen LogP contribution in [0.25, 0.3) is 0 Å². The maximum Gasteiger partial charge on any atom is 0.257 e. The van der Waals surface area contributed by atoms with Crippen LogP contribution in [0.15, 0.2) is 103 Å². The lowest BCUT2D eigenvalue weighted by molar-refractivity contribution is 0.102. The summed E-state index contributed by atoms with van der Waals surface area (Å²) in [6.45, 7) is 4.77. The SMILES string of the molecule is CC(C)COc1ccc(C(=O)Nc2ccccc2C(=O)Nc2ccc(Nc3ccccc3)cc2)cc1. The highest BCUT2D eigenvalue weighted by Gasteiger charge is 2.15. The van der Waals surface area contributed by atoms with Crippen LogP contribution in [0.4, 0.5) is 22.7 Å². The van der Waals surface area contributed by atoms with Crippen LogP contribution in [0.5, 0.6) is 5.75 Å². The molecule has 0 unspecified atom stereocenters. The Morgan fingerprint density at radius 2 is 1.28 bits per heavy atom. The predicted molar refractivity (Wildman–Crippen MR) is 145 cm³/mol. The van der Waals surface area contributed by atoms with Crippen LogP contribution in [0.3, 0.4) is 0 Å². The summed E-state index contributed by atoms with van der Waals surface area (Å²) in [5, 5.41) is 9.06. The van der Waals surface area contributed by atoms with E-state index in [2.05, 4.69) is 29.8 Å². The van der Waals surface area contributed by atoms with Crippen molar-refractivity contribution >= 4 is 34.6 Å². The van der Waals surface area contributed by atoms with Crippen LogP contribution >= 0.6 is 0 Å². The molecule has 0 saturated heterocycles. The molecule has 0 aliphatic rings. The molecule has 36 heavy (non-hydrogen) atoms. The topological polar surface area (TPSA) is 79.5 Å². The van der Waals surface area contributed by atoms with Gasteiger partial charge in [0.1, 0.15) is 5.75 Å². The van der Waals surface area contributed by atoms with E-state index in [1.165, 1.54) is 0 Å². The molecule has 0 bridgehead atoms. The van der Waals surface area contributed by atoms with Gasteiger partial charge in [0.2, 0.25) is 0 Å². The third kappa shape index (κ3) is 6.73. The normalized spacial score (nSPS) is 10.5. The molecular formula is C30H29N3O3. The third-order valence-electron chi connectivity index (χ3n) is 5.32. The average Bonchev–Trinajstić information content (AvgIpc) is 2.90. The number of hydrogen-bond donors (Lipinski definition) is 3. The molecule has 2 amide bonds. The molecule has 182 valence electrons. The number of para-hydroxylation sites is 2. The van der Waals surface area contributed by atoms with Gasteiger partial charge in [0.15, 0.2) is 0 Å². The van der Waals surface area contributed by atoms with Gasteiger partial charge >= 0.3 is 0 Å². The molecule has 0 fully saturated rings. The summed E-state index contributed by atoms with van der Waals surface area (Å²) < 4.78 is 5.68. The summed E-state index contributed by atoms with van der Waals surface area (Å²) in [5.41, 5.74) is 3.82. The van der Waals surface area contributed by atoms with Crippen LogP contribution in [-0.4, -0.2) is 18.4 Å². The van der Waals surface area contributed by atoms with Crippen molar-refractivity contribution in [3.05, 3.63) is 114 Å². The molecule has 4 aromatic rings. The Balaban J connectivity index is 1.39. The van der Waals surface area contributed by atoms with Crippen molar-refractivity contribution in [2.75, 3.05) is 22.6 Å². The smallest absolute Gasteiger partial charge is 0.257 e. The van der Waals surface area contributed by atoms with Crippen molar-refractivity contribution in [3.63, 3.8) is 0 Å². The fraction of sp³-hybridized carbons (Fsp3) is 0.133. The maximum atomic E-state index is 13.0. The third-order valence-corrected chi connectivity index (χ3v) is 5.32. The number of rotatable bonds is 9. The van der Waals surface area contributed by atoms with Gasteiger partial charge in [0.25, 0.3) is 11.8 Å². The highest BCUT2D eigenvalue weighted by atomic mass is 16.5. The first-order chi connectivity index (χ1) is 17.5. The average molecular weight is 480 g/mol. The second-order valence-electron chi connectivity index (χ2n) is 8.75. The Hall–Kier alpha value is -4.58. The van der Waals surface area contributed by atoms with E-state index in [1.54, 1.807) is 48.5 Å². The molecule has 6 nitrogen and oxygen atoms in total. The first-order valence-corrected chi connectivity index (χ1v) is 11.8. The molecular weight excluding hydrogens is 450 g/mol. The zero-order valence-corrected chi connectivity index (χ0v) is 20.3. The second-order valence-corrected chi connectivity index (χ2v) is 8.75. The number of carbonyl (C=O) groups excluding carboxylic acids is 2. The highest BCUT2D eigenvalue weighted by Crippen LogP contribution is 2.22. The molecule has 0 spiro atoms. The Morgan fingerprint density at radius 3 is 1.97 bits per heavy atom. The number of benzene rings is 4. The zero-order valence-electron chi connectivity index (χ0n) is 20.3. The molecule has 4 rings (SSSR count). The highest BCUT2D eigenvalue weighted by molar-refractivity contribution is 6.12. The van der Waals surface area contributed by atoms with E-state index in [0.717, 1.165) is 11.4 Å². The molecule has 0 heterocycles. The van der Waals surface area contributed by atoms with Gasteiger partial charge in [0.05, 0.1) is 17.9 Å². The minimum absolute atomic E-state index is 0.304. The number of anilines is 4. The van der Waals surface area contributed by atoms with Crippen LogP contribution in [0.1, 0.15) is 34.6 Å². The standard InChI is InChI=1S/C30H29N3O3/c1-21(2)20-36-26-18-12-22(13-19-26)29(34)33-28-11-7-6-10-27(28)30(35)32-25-16-14-24(15-17-25)31-23-8-4-3-5-9-23/h3-19,21,31H,20H2,1-2H3,(H,32,35)(H,33,34). The van der Waals surface area contributed by atoms with Crippen LogP contribution in [0, 0.1) is 5.92 Å². The Kier molecular flexibility index (Phi) is 7.98. The summed E-state index contributed by atoms with van der Waals surface area (Å²) in [4.78, 5) is 25.8. The van der Waals surface area contributed by atoms with E-state index in [1.807, 2.05) is 54.6 Å². The molecule has 0 atom stereocenters. The molecule has 6 heteroatoms. The number of amides is 2. The van der Waals surface area contributed by atoms with Gasteiger partial charge in [-0.1, -0.05) is 44.2 Å². The summed E-state index contributed by atoms with van der Waals surface area (Å²) in [5.74, 6) is 0.513. The van der Waals surface area contributed by atoms with Gasteiger partial charge in [-0.3, -0.25) is 9.59 Å². The minimum atomic E-state index is -0.313. The lowest BCUT2D eigenvalue weighted by Crippen LogP contribution is -2.18. The van der Waals surface area contributed by atoms with Gasteiger partial charge in [0, 0.05) is 22.6 Å². The van der Waals surface area contributed by atoms with E-state index < -0.39 is 0 Å². The molecule has 0 aliphatic carbocycles. The van der Waals surface area contributed by atoms with E-state index in [9.17, 15) is 9.59 Å². The first-order valence-electron chi connectivity index (χ1n) is 11.8. The first kappa shape index (κ1) is 24.5. The Labute approximate surface area is 211 Å². The van der Waals surface area contributed by atoms with Gasteiger partial charge in [-0.25, -0.2) is 0 Å². The lowest BCUT2D eigenvalue weighted by atomic mass is 10.1. The van der Waals surface area contributed by atoms with Crippen molar-refractivity contribution in [3.8, 4) is 5.75 Å². The van der Waals surface area contributed by atoms with Gasteiger partial charge in [-0.2, -0.15) is 0 Å². The lowest BCUT2D eigenvalue weighted by Gasteiger charge is -2.13. The van der Waals surface area contributed by atoms with Crippen molar-refractivity contribution in [2.45, 2.75) is 13.8 Å². The zero-order chi connectivity index (χ0) is 25.3. The van der Waals surface area contributed by atoms with Crippen LogP contribution in [0.2, 0.25) is 0 Å². The Bertz CT molecular complexity index is 1300. The van der Waals surface area contributed by atoms with Crippen molar-refractivity contribution in [1.82, 2.24) is 0 Å². The molecule has 0 aliphatic heterocycles.